The van der Waals surface area contributed by atoms with Gasteiger partial charge in [0.1, 0.15) is 0 Å². The van der Waals surface area contributed by atoms with Gasteiger partial charge >= 0.3 is 0 Å². The summed E-state index contributed by atoms with van der Waals surface area (Å²) in [4.78, 5) is 26.3. The van der Waals surface area contributed by atoms with Crippen molar-refractivity contribution in [2.45, 2.75) is 13.5 Å². The van der Waals surface area contributed by atoms with Crippen LogP contribution in [0.5, 0.6) is 0 Å². The van der Waals surface area contributed by atoms with Gasteiger partial charge < -0.3 is 0 Å². The molecule has 0 saturated carbocycles. The number of non-ortho nitro benzene ring substituents is 1. The minimum Gasteiger partial charge on any atom is -0.294 e. The maximum atomic E-state index is 12.0. The van der Waals surface area contributed by atoms with Crippen molar-refractivity contribution in [2.24, 2.45) is 0 Å². The lowest BCUT2D eigenvalue weighted by Crippen LogP contribution is -2.24. The van der Waals surface area contributed by atoms with Gasteiger partial charge in [-0.25, -0.2) is 4.98 Å². The van der Waals surface area contributed by atoms with E-state index in [0.717, 1.165) is 0 Å². The Morgan fingerprint density at radius 2 is 2.20 bits per heavy atom. The Morgan fingerprint density at radius 3 is 2.80 bits per heavy atom. The van der Waals surface area contributed by atoms with E-state index in [1.807, 2.05) is 22.6 Å². The first-order chi connectivity index (χ1) is 9.40. The van der Waals surface area contributed by atoms with Crippen LogP contribution in [-0.4, -0.2) is 14.5 Å². The molecule has 0 spiro atoms. The van der Waals surface area contributed by atoms with E-state index in [4.69, 9.17) is 11.6 Å². The fourth-order valence-electron chi connectivity index (χ4n) is 1.62. The maximum absolute atomic E-state index is 12.0. The average Bonchev–Trinajstić information content (AvgIpc) is 2.41. The van der Waals surface area contributed by atoms with E-state index in [1.54, 1.807) is 13.0 Å². The molecule has 2 aromatic rings. The Morgan fingerprint density at radius 1 is 1.50 bits per heavy atom. The molecule has 1 heterocycles. The average molecular weight is 406 g/mol. The molecular formula is C12H9ClIN3O3. The highest BCUT2D eigenvalue weighted by Crippen LogP contribution is 2.22. The van der Waals surface area contributed by atoms with E-state index in [0.29, 0.717) is 14.8 Å². The molecule has 8 heteroatoms. The number of nitro groups is 1. The highest BCUT2D eigenvalue weighted by Gasteiger charge is 2.11. The molecule has 1 aromatic heterocycles. The zero-order chi connectivity index (χ0) is 14.9. The van der Waals surface area contributed by atoms with Gasteiger partial charge in [-0.2, -0.15) is 0 Å². The summed E-state index contributed by atoms with van der Waals surface area (Å²) < 4.78 is 1.96. The number of nitro benzene ring substituents is 1. The van der Waals surface area contributed by atoms with Crippen molar-refractivity contribution in [3.8, 4) is 0 Å². The zero-order valence-electron chi connectivity index (χ0n) is 10.3. The fourth-order valence-corrected chi connectivity index (χ4v) is 2.30. The Hall–Kier alpha value is -1.48. The van der Waals surface area contributed by atoms with Gasteiger partial charge in [0.15, 0.2) is 0 Å². The van der Waals surface area contributed by atoms with E-state index in [2.05, 4.69) is 4.98 Å². The highest BCUT2D eigenvalue weighted by atomic mass is 127. The van der Waals surface area contributed by atoms with Gasteiger partial charge in [-0.1, -0.05) is 11.6 Å². The molecule has 6 nitrogen and oxygen atoms in total. The predicted molar refractivity (Wildman–Crippen MR) is 83.2 cm³/mol. The first-order valence-electron chi connectivity index (χ1n) is 5.54. The second-order valence-electron chi connectivity index (χ2n) is 4.11. The second kappa shape index (κ2) is 5.88. The SMILES string of the molecule is Cc1ncn(Cc2ccc([N+](=O)[O-])cc2Cl)c(=O)c1I. The van der Waals surface area contributed by atoms with Crippen molar-refractivity contribution in [1.82, 2.24) is 9.55 Å². The molecule has 1 aromatic carbocycles. The molecule has 20 heavy (non-hydrogen) atoms. The Labute approximate surface area is 132 Å². The van der Waals surface area contributed by atoms with E-state index in [9.17, 15) is 14.9 Å². The smallest absolute Gasteiger partial charge is 0.270 e. The van der Waals surface area contributed by atoms with Gasteiger partial charge in [-0.3, -0.25) is 19.5 Å². The minimum atomic E-state index is -0.516. The summed E-state index contributed by atoms with van der Waals surface area (Å²) in [6.07, 6.45) is 1.44. The molecule has 0 saturated heterocycles. The molecule has 0 fully saturated rings. The third kappa shape index (κ3) is 2.98. The maximum Gasteiger partial charge on any atom is 0.270 e. The van der Waals surface area contributed by atoms with Crippen molar-refractivity contribution in [3.63, 3.8) is 0 Å². The predicted octanol–water partition coefficient (Wildman–Crippen LogP) is 2.77. The Bertz CT molecular complexity index is 745. The van der Waals surface area contributed by atoms with Crippen molar-refractivity contribution in [1.29, 1.82) is 0 Å². The van der Waals surface area contributed by atoms with E-state index < -0.39 is 4.92 Å². The summed E-state index contributed by atoms with van der Waals surface area (Å²) in [5.41, 5.74) is 1.05. The summed E-state index contributed by atoms with van der Waals surface area (Å²) in [6.45, 7) is 1.98. The minimum absolute atomic E-state index is 0.0808. The monoisotopic (exact) mass is 405 g/mol. The van der Waals surface area contributed by atoms with Crippen molar-refractivity contribution in [3.05, 3.63) is 64.8 Å². The fraction of sp³-hybridized carbons (Fsp3) is 0.167. The van der Waals surface area contributed by atoms with E-state index in [-0.39, 0.29) is 22.8 Å². The number of benzene rings is 1. The molecule has 0 atom stereocenters. The molecule has 104 valence electrons. The molecule has 0 aliphatic rings. The van der Waals surface area contributed by atoms with Crippen molar-refractivity contribution < 1.29 is 4.92 Å². The van der Waals surface area contributed by atoms with Gasteiger partial charge in [-0.15, -0.1) is 0 Å². The van der Waals surface area contributed by atoms with Crippen LogP contribution in [0, 0.1) is 20.6 Å². The summed E-state index contributed by atoms with van der Waals surface area (Å²) >= 11 is 7.95. The largest absolute Gasteiger partial charge is 0.294 e. The molecule has 0 amide bonds. The van der Waals surface area contributed by atoms with Gasteiger partial charge in [0, 0.05) is 12.1 Å². The van der Waals surface area contributed by atoms with Gasteiger partial charge in [0.05, 0.1) is 32.1 Å². The van der Waals surface area contributed by atoms with Crippen molar-refractivity contribution in [2.75, 3.05) is 0 Å². The topological polar surface area (TPSA) is 78.0 Å². The Kier molecular flexibility index (Phi) is 4.39. The van der Waals surface area contributed by atoms with Gasteiger partial charge in [0.2, 0.25) is 0 Å². The zero-order valence-corrected chi connectivity index (χ0v) is 13.3. The summed E-state index contributed by atoms with van der Waals surface area (Å²) in [5.74, 6) is 0. The lowest BCUT2D eigenvalue weighted by molar-refractivity contribution is -0.384. The van der Waals surface area contributed by atoms with Gasteiger partial charge in [-0.05, 0) is 41.1 Å². The third-order valence-electron chi connectivity index (χ3n) is 2.75. The molecule has 2 rings (SSSR count). The number of hydrogen-bond acceptors (Lipinski definition) is 4. The molecule has 0 radical (unpaired) electrons. The number of rotatable bonds is 3. The van der Waals surface area contributed by atoms with Crippen LogP contribution >= 0.6 is 34.2 Å². The first-order valence-corrected chi connectivity index (χ1v) is 7.00. The van der Waals surface area contributed by atoms with Crippen molar-refractivity contribution >= 4 is 39.9 Å². The number of halogens is 2. The van der Waals surface area contributed by atoms with Crippen LogP contribution in [0.1, 0.15) is 11.3 Å². The quantitative estimate of drug-likeness (QED) is 0.447. The summed E-state index contributed by atoms with van der Waals surface area (Å²) in [6, 6.07) is 4.17. The number of nitrogens with zero attached hydrogens (tertiary/aromatic N) is 3. The van der Waals surface area contributed by atoms with E-state index in [1.165, 1.54) is 23.0 Å². The Balaban J connectivity index is 2.38. The van der Waals surface area contributed by atoms with Crippen LogP contribution in [0.15, 0.2) is 29.3 Å². The van der Waals surface area contributed by atoms with Crippen LogP contribution in [0.2, 0.25) is 5.02 Å². The van der Waals surface area contributed by atoms with Crippen LogP contribution in [0.3, 0.4) is 0 Å². The molecular weight excluding hydrogens is 397 g/mol. The van der Waals surface area contributed by atoms with Crippen LogP contribution in [-0.2, 0) is 6.54 Å². The molecule has 0 aliphatic heterocycles. The van der Waals surface area contributed by atoms with Crippen LogP contribution < -0.4 is 5.56 Å². The lowest BCUT2D eigenvalue weighted by Gasteiger charge is -2.08. The number of aromatic nitrogens is 2. The number of hydrogen-bond donors (Lipinski definition) is 0. The van der Waals surface area contributed by atoms with Gasteiger partial charge in [0.25, 0.3) is 11.2 Å². The lowest BCUT2D eigenvalue weighted by atomic mass is 10.2. The first kappa shape index (κ1) is 14.9. The molecule has 0 aliphatic carbocycles. The third-order valence-corrected chi connectivity index (χ3v) is 4.34. The van der Waals surface area contributed by atoms with Crippen LogP contribution in [0.4, 0.5) is 5.69 Å². The molecule has 0 bridgehead atoms. The van der Waals surface area contributed by atoms with E-state index >= 15 is 0 Å². The second-order valence-corrected chi connectivity index (χ2v) is 5.60. The summed E-state index contributed by atoms with van der Waals surface area (Å²) in [5, 5.41) is 10.9. The molecule has 0 N–H and O–H groups in total. The molecule has 0 unspecified atom stereocenters. The van der Waals surface area contributed by atoms with Crippen LogP contribution in [0.25, 0.3) is 0 Å². The standard InChI is InChI=1S/C12H9ClIN3O3/c1-7-11(14)12(18)16(6-15-7)5-8-2-3-9(17(19)20)4-10(8)13/h2-4,6H,5H2,1H3. The summed E-state index contributed by atoms with van der Waals surface area (Å²) in [7, 11) is 0. The highest BCUT2D eigenvalue weighted by molar-refractivity contribution is 14.1. The number of aryl methyl sites for hydroxylation is 1. The normalized spacial score (nSPS) is 10.6.